The van der Waals surface area contributed by atoms with Crippen LogP contribution in [0.1, 0.15) is 29.7 Å². The van der Waals surface area contributed by atoms with E-state index in [1.165, 1.54) is 0 Å². The van der Waals surface area contributed by atoms with Crippen molar-refractivity contribution in [2.24, 2.45) is 0 Å². The third-order valence-corrected chi connectivity index (χ3v) is 3.11. The van der Waals surface area contributed by atoms with Gasteiger partial charge in [0.1, 0.15) is 11.6 Å². The molecule has 0 saturated heterocycles. The summed E-state index contributed by atoms with van der Waals surface area (Å²) in [5.41, 5.74) is 1.85. The monoisotopic (exact) mass is 218 g/mol. The van der Waals surface area contributed by atoms with Crippen LogP contribution in [0, 0.1) is 25.2 Å². The van der Waals surface area contributed by atoms with E-state index in [0.717, 1.165) is 24.1 Å². The largest absolute Gasteiger partial charge is 0.394 e. The van der Waals surface area contributed by atoms with Crippen LogP contribution in [-0.2, 0) is 0 Å². The Bertz CT molecular complexity index is 460. The molecule has 2 N–H and O–H groups in total. The molecule has 0 aliphatic heterocycles. The summed E-state index contributed by atoms with van der Waals surface area (Å²) in [5.74, 6) is 0.483. The molecule has 1 saturated carbocycles. The topological polar surface area (TPSA) is 81.8 Å². The van der Waals surface area contributed by atoms with E-state index >= 15 is 0 Å². The van der Waals surface area contributed by atoms with E-state index in [2.05, 4.69) is 21.6 Å². The molecule has 16 heavy (non-hydrogen) atoms. The minimum atomic E-state index is -0.276. The van der Waals surface area contributed by atoms with Gasteiger partial charge in [-0.05, 0) is 32.3 Å². The van der Waals surface area contributed by atoms with Crippen LogP contribution < -0.4 is 5.32 Å². The summed E-state index contributed by atoms with van der Waals surface area (Å²) in [5, 5.41) is 29.4. The number of aliphatic hydroxyl groups is 1. The summed E-state index contributed by atoms with van der Waals surface area (Å²) in [7, 11) is 0. The van der Waals surface area contributed by atoms with Gasteiger partial charge in [-0.2, -0.15) is 10.4 Å². The van der Waals surface area contributed by atoms with Crippen molar-refractivity contribution in [3.05, 3.63) is 16.8 Å². The highest BCUT2D eigenvalue weighted by Gasteiger charge is 2.43. The Morgan fingerprint density at radius 1 is 1.44 bits per heavy atom. The quantitative estimate of drug-likeness (QED) is 0.787. The maximum absolute atomic E-state index is 9.21. The lowest BCUT2D eigenvalue weighted by Crippen LogP contribution is -2.27. The van der Waals surface area contributed by atoms with Crippen molar-refractivity contribution in [2.45, 2.75) is 32.2 Å². The van der Waals surface area contributed by atoms with Crippen molar-refractivity contribution in [1.29, 1.82) is 5.26 Å². The molecule has 5 heteroatoms. The number of hydrogen-bond donors (Lipinski definition) is 2. The molecule has 0 amide bonds. The maximum atomic E-state index is 9.21. The number of nitrogens with one attached hydrogen (secondary N) is 1. The highest BCUT2D eigenvalue weighted by atomic mass is 16.3. The maximum Gasteiger partial charge on any atom is 0.167 e. The van der Waals surface area contributed by atoms with E-state index in [4.69, 9.17) is 5.26 Å². The molecule has 1 aromatic heterocycles. The molecule has 0 unspecified atom stereocenters. The molecule has 0 aromatic carbocycles. The Morgan fingerprint density at radius 3 is 2.62 bits per heavy atom. The smallest absolute Gasteiger partial charge is 0.167 e. The van der Waals surface area contributed by atoms with E-state index in [1.807, 2.05) is 13.8 Å². The molecular formula is C11H14N4O. The average Bonchev–Trinajstić information content (AvgIpc) is 3.05. The highest BCUT2D eigenvalue weighted by Crippen LogP contribution is 2.38. The van der Waals surface area contributed by atoms with Crippen LogP contribution in [0.4, 0.5) is 5.82 Å². The first-order valence-electron chi connectivity index (χ1n) is 5.25. The third kappa shape index (κ3) is 1.72. The number of aryl methyl sites for hydroxylation is 1. The molecule has 1 aliphatic carbocycles. The van der Waals surface area contributed by atoms with Gasteiger partial charge in [0, 0.05) is 0 Å². The molecule has 0 radical (unpaired) electrons. The van der Waals surface area contributed by atoms with Gasteiger partial charge in [0.25, 0.3) is 0 Å². The van der Waals surface area contributed by atoms with Gasteiger partial charge >= 0.3 is 0 Å². The lowest BCUT2D eigenvalue weighted by molar-refractivity contribution is 0.266. The molecule has 1 aromatic rings. The fraction of sp³-hybridized carbons (Fsp3) is 0.545. The van der Waals surface area contributed by atoms with Crippen molar-refractivity contribution in [1.82, 2.24) is 10.2 Å². The van der Waals surface area contributed by atoms with Crippen LogP contribution in [0.15, 0.2) is 0 Å². The van der Waals surface area contributed by atoms with Crippen LogP contribution in [0.2, 0.25) is 0 Å². The number of rotatable bonds is 3. The Morgan fingerprint density at radius 2 is 2.12 bits per heavy atom. The number of anilines is 1. The minimum absolute atomic E-state index is 0.0620. The summed E-state index contributed by atoms with van der Waals surface area (Å²) in [6, 6.07) is 2.13. The SMILES string of the molecule is Cc1nnc(NC2(CO)CC2)c(C#N)c1C. The number of hydrogen-bond acceptors (Lipinski definition) is 5. The zero-order chi connectivity index (χ0) is 11.8. The standard InChI is InChI=1S/C11H14N4O/c1-7-8(2)14-15-10(9(7)5-12)13-11(6-16)3-4-11/h16H,3-4,6H2,1-2H3,(H,13,15). The van der Waals surface area contributed by atoms with Gasteiger partial charge in [0.2, 0.25) is 0 Å². The lowest BCUT2D eigenvalue weighted by Gasteiger charge is -2.16. The van der Waals surface area contributed by atoms with Crippen molar-refractivity contribution in [2.75, 3.05) is 11.9 Å². The zero-order valence-electron chi connectivity index (χ0n) is 9.41. The number of nitrogens with zero attached hydrogens (tertiary/aromatic N) is 3. The molecule has 0 bridgehead atoms. The van der Waals surface area contributed by atoms with Crippen LogP contribution in [-0.4, -0.2) is 27.4 Å². The van der Waals surface area contributed by atoms with Crippen LogP contribution in [0.25, 0.3) is 0 Å². The first-order valence-corrected chi connectivity index (χ1v) is 5.25. The Balaban J connectivity index is 2.35. The van der Waals surface area contributed by atoms with Crippen LogP contribution in [0.3, 0.4) is 0 Å². The summed E-state index contributed by atoms with van der Waals surface area (Å²) >= 11 is 0. The van der Waals surface area contributed by atoms with E-state index in [1.54, 1.807) is 0 Å². The molecule has 5 nitrogen and oxygen atoms in total. The first-order chi connectivity index (χ1) is 7.62. The van der Waals surface area contributed by atoms with Gasteiger partial charge in [-0.3, -0.25) is 0 Å². The molecule has 1 aliphatic rings. The van der Waals surface area contributed by atoms with E-state index in [0.29, 0.717) is 11.4 Å². The second-order valence-corrected chi connectivity index (χ2v) is 4.31. The summed E-state index contributed by atoms with van der Waals surface area (Å²) in [4.78, 5) is 0. The fourth-order valence-corrected chi connectivity index (χ4v) is 1.56. The van der Waals surface area contributed by atoms with Gasteiger partial charge in [-0.25, -0.2) is 0 Å². The second-order valence-electron chi connectivity index (χ2n) is 4.31. The molecule has 1 fully saturated rings. The summed E-state index contributed by atoms with van der Waals surface area (Å²) in [6.07, 6.45) is 1.81. The fourth-order valence-electron chi connectivity index (χ4n) is 1.56. The van der Waals surface area contributed by atoms with E-state index < -0.39 is 0 Å². The molecule has 2 rings (SSSR count). The zero-order valence-corrected chi connectivity index (χ0v) is 9.41. The van der Waals surface area contributed by atoms with Crippen molar-refractivity contribution in [3.8, 4) is 6.07 Å². The first kappa shape index (κ1) is 10.8. The van der Waals surface area contributed by atoms with Crippen molar-refractivity contribution in [3.63, 3.8) is 0 Å². The Labute approximate surface area is 94.1 Å². The van der Waals surface area contributed by atoms with Crippen molar-refractivity contribution < 1.29 is 5.11 Å². The number of aromatic nitrogens is 2. The van der Waals surface area contributed by atoms with Gasteiger partial charge in [-0.1, -0.05) is 0 Å². The Kier molecular flexibility index (Phi) is 2.52. The Hall–Kier alpha value is -1.67. The van der Waals surface area contributed by atoms with Gasteiger partial charge in [0.15, 0.2) is 5.82 Å². The average molecular weight is 218 g/mol. The molecule has 0 spiro atoms. The predicted octanol–water partition coefficient (Wildman–Crippen LogP) is 0.902. The highest BCUT2D eigenvalue weighted by molar-refractivity contribution is 5.57. The molecule has 84 valence electrons. The normalized spacial score (nSPS) is 16.6. The van der Waals surface area contributed by atoms with Crippen LogP contribution >= 0.6 is 0 Å². The molecule has 0 atom stereocenters. The molecule has 1 heterocycles. The van der Waals surface area contributed by atoms with Gasteiger partial charge < -0.3 is 10.4 Å². The third-order valence-electron chi connectivity index (χ3n) is 3.11. The van der Waals surface area contributed by atoms with Crippen molar-refractivity contribution >= 4 is 5.82 Å². The predicted molar refractivity (Wildman–Crippen MR) is 58.9 cm³/mol. The van der Waals surface area contributed by atoms with Gasteiger partial charge in [-0.15, -0.1) is 5.10 Å². The number of aliphatic hydroxyl groups excluding tert-OH is 1. The second kappa shape index (κ2) is 3.72. The van der Waals surface area contributed by atoms with Crippen LogP contribution in [0.5, 0.6) is 0 Å². The minimum Gasteiger partial charge on any atom is -0.394 e. The van der Waals surface area contributed by atoms with E-state index in [9.17, 15) is 5.11 Å². The summed E-state index contributed by atoms with van der Waals surface area (Å²) in [6.45, 7) is 3.74. The van der Waals surface area contributed by atoms with E-state index in [-0.39, 0.29) is 12.1 Å². The number of nitriles is 1. The summed E-state index contributed by atoms with van der Waals surface area (Å²) < 4.78 is 0. The lowest BCUT2D eigenvalue weighted by atomic mass is 10.1. The van der Waals surface area contributed by atoms with Gasteiger partial charge in [0.05, 0.1) is 17.8 Å². The molecular weight excluding hydrogens is 204 g/mol.